The third kappa shape index (κ3) is 5.17. The highest BCUT2D eigenvalue weighted by Gasteiger charge is 2.12. The summed E-state index contributed by atoms with van der Waals surface area (Å²) < 4.78 is 25.2. The number of halogens is 1. The molecule has 0 unspecified atom stereocenters. The van der Waals surface area contributed by atoms with Crippen LogP contribution in [-0.2, 0) is 21.2 Å². The largest absolute Gasteiger partial charge is 0.322 e. The maximum absolute atomic E-state index is 12.3. The molecule has 0 aliphatic carbocycles. The van der Waals surface area contributed by atoms with Gasteiger partial charge in [-0.1, -0.05) is 35.9 Å². The van der Waals surface area contributed by atoms with E-state index >= 15 is 0 Å². The number of aromatic nitrogens is 2. The summed E-state index contributed by atoms with van der Waals surface area (Å²) in [5, 5.41) is 7.92. The van der Waals surface area contributed by atoms with Crippen LogP contribution in [0.5, 0.6) is 0 Å². The number of carbonyl (C=O) groups is 1. The van der Waals surface area contributed by atoms with E-state index in [0.29, 0.717) is 17.3 Å². The molecule has 1 N–H and O–H groups in total. The molecule has 0 aliphatic heterocycles. The van der Waals surface area contributed by atoms with Gasteiger partial charge in [0.05, 0.1) is 17.1 Å². The van der Waals surface area contributed by atoms with Gasteiger partial charge < -0.3 is 5.32 Å². The number of nitrogens with zero attached hydrogens (tertiary/aromatic N) is 2. The lowest BCUT2D eigenvalue weighted by molar-refractivity contribution is -0.111. The molecule has 3 rings (SSSR count). The van der Waals surface area contributed by atoms with Crippen LogP contribution in [0.3, 0.4) is 0 Å². The van der Waals surface area contributed by atoms with Crippen molar-refractivity contribution in [2.45, 2.75) is 25.3 Å². The van der Waals surface area contributed by atoms with Crippen LogP contribution in [0.4, 0.5) is 5.69 Å². The number of aryl methyl sites for hydroxylation is 1. The molecule has 1 heterocycles. The normalized spacial score (nSPS) is 11.7. The molecule has 1 aromatic heterocycles. The lowest BCUT2D eigenvalue weighted by Gasteiger charge is -2.07. The molecule has 156 valence electrons. The Morgan fingerprint density at radius 1 is 1.17 bits per heavy atom. The molecule has 3 aromatic rings. The number of sulfone groups is 1. The molecule has 0 aliphatic rings. The highest BCUT2D eigenvalue weighted by atomic mass is 35.5. The van der Waals surface area contributed by atoms with Gasteiger partial charge in [-0.3, -0.25) is 9.48 Å². The lowest BCUT2D eigenvalue weighted by atomic mass is 10.1. The van der Waals surface area contributed by atoms with Crippen LogP contribution in [0.2, 0.25) is 5.02 Å². The fraction of sp³-hybridized carbons (Fsp3) is 0.182. The Balaban J connectivity index is 1.76. The maximum atomic E-state index is 12.3. The zero-order valence-electron chi connectivity index (χ0n) is 16.9. The zero-order valence-corrected chi connectivity index (χ0v) is 18.5. The van der Waals surface area contributed by atoms with E-state index in [0.717, 1.165) is 28.8 Å². The Bertz CT molecular complexity index is 1230. The van der Waals surface area contributed by atoms with Crippen LogP contribution < -0.4 is 5.32 Å². The average molecular weight is 444 g/mol. The van der Waals surface area contributed by atoms with Crippen LogP contribution >= 0.6 is 11.6 Å². The summed E-state index contributed by atoms with van der Waals surface area (Å²) in [7, 11) is -3.34. The van der Waals surface area contributed by atoms with E-state index in [1.807, 2.05) is 42.8 Å². The van der Waals surface area contributed by atoms with Crippen LogP contribution in [-0.4, -0.2) is 30.4 Å². The van der Waals surface area contributed by atoms with E-state index in [-0.39, 0.29) is 10.8 Å². The first-order chi connectivity index (χ1) is 14.1. The number of anilines is 1. The number of hydrogen-bond acceptors (Lipinski definition) is 4. The molecule has 8 heteroatoms. The third-order valence-electron chi connectivity index (χ3n) is 4.65. The molecule has 0 spiro atoms. The molecular weight excluding hydrogens is 422 g/mol. The summed E-state index contributed by atoms with van der Waals surface area (Å²) in [6.07, 6.45) is 4.24. The van der Waals surface area contributed by atoms with Crippen LogP contribution in [0, 0.1) is 13.8 Å². The van der Waals surface area contributed by atoms with E-state index in [9.17, 15) is 13.2 Å². The Morgan fingerprint density at radius 2 is 1.90 bits per heavy atom. The van der Waals surface area contributed by atoms with Crippen molar-refractivity contribution in [3.05, 3.63) is 82.1 Å². The van der Waals surface area contributed by atoms with Crippen molar-refractivity contribution in [1.82, 2.24) is 9.78 Å². The molecule has 1 amide bonds. The summed E-state index contributed by atoms with van der Waals surface area (Å²) in [5.41, 5.74) is 3.93. The van der Waals surface area contributed by atoms with Crippen molar-refractivity contribution in [1.29, 1.82) is 0 Å². The Morgan fingerprint density at radius 3 is 2.60 bits per heavy atom. The van der Waals surface area contributed by atoms with Crippen molar-refractivity contribution >= 4 is 39.1 Å². The maximum Gasteiger partial charge on any atom is 0.248 e. The van der Waals surface area contributed by atoms with Gasteiger partial charge in [-0.05, 0) is 49.8 Å². The lowest BCUT2D eigenvalue weighted by Crippen LogP contribution is -2.08. The van der Waals surface area contributed by atoms with Crippen molar-refractivity contribution in [2.24, 2.45) is 0 Å². The number of amides is 1. The minimum Gasteiger partial charge on any atom is -0.322 e. The van der Waals surface area contributed by atoms with Crippen molar-refractivity contribution in [2.75, 3.05) is 11.6 Å². The van der Waals surface area contributed by atoms with E-state index < -0.39 is 9.84 Å². The topological polar surface area (TPSA) is 81.1 Å². The number of rotatable bonds is 6. The molecule has 30 heavy (non-hydrogen) atoms. The van der Waals surface area contributed by atoms with E-state index in [1.165, 1.54) is 18.2 Å². The third-order valence-corrected chi connectivity index (χ3v) is 6.13. The summed E-state index contributed by atoms with van der Waals surface area (Å²) in [6.45, 7) is 4.35. The molecule has 0 radical (unpaired) electrons. The molecule has 0 fully saturated rings. The summed E-state index contributed by atoms with van der Waals surface area (Å²) in [5.74, 6) is -0.363. The number of benzene rings is 2. The van der Waals surface area contributed by atoms with Gasteiger partial charge in [0.2, 0.25) is 5.91 Å². The van der Waals surface area contributed by atoms with Crippen LogP contribution in [0.25, 0.3) is 6.08 Å². The standard InChI is InChI=1S/C22H22ClN3O3S/c1-15-20(16(2)26(25-15)14-17-7-4-5-10-21(17)23)11-12-22(27)24-18-8-6-9-19(13-18)30(3,28)29/h4-13H,14H2,1-3H3,(H,24,27)/b12-11+. The molecule has 2 aromatic carbocycles. The second kappa shape index (κ2) is 8.85. The number of carbonyl (C=O) groups excluding carboxylic acids is 1. The van der Waals surface area contributed by atoms with E-state index in [1.54, 1.807) is 18.2 Å². The van der Waals surface area contributed by atoms with Gasteiger partial charge in [-0.15, -0.1) is 0 Å². The highest BCUT2D eigenvalue weighted by Crippen LogP contribution is 2.20. The van der Waals surface area contributed by atoms with Gasteiger partial charge in [-0.2, -0.15) is 5.10 Å². The van der Waals surface area contributed by atoms with Gasteiger partial charge in [0.25, 0.3) is 0 Å². The van der Waals surface area contributed by atoms with Gasteiger partial charge in [0, 0.05) is 34.3 Å². The van der Waals surface area contributed by atoms with Crippen LogP contribution in [0.1, 0.15) is 22.5 Å². The zero-order chi connectivity index (χ0) is 21.9. The first-order valence-corrected chi connectivity index (χ1v) is 11.5. The second-order valence-corrected chi connectivity index (χ2v) is 9.38. The van der Waals surface area contributed by atoms with Crippen LogP contribution in [0.15, 0.2) is 59.5 Å². The monoisotopic (exact) mass is 443 g/mol. The fourth-order valence-corrected chi connectivity index (χ4v) is 3.90. The summed E-state index contributed by atoms with van der Waals surface area (Å²) >= 11 is 6.25. The first kappa shape index (κ1) is 21.8. The van der Waals surface area contributed by atoms with Crippen molar-refractivity contribution < 1.29 is 13.2 Å². The average Bonchev–Trinajstić information content (AvgIpc) is 2.94. The Labute approximate surface area is 181 Å². The predicted molar refractivity (Wildman–Crippen MR) is 119 cm³/mol. The highest BCUT2D eigenvalue weighted by molar-refractivity contribution is 7.90. The van der Waals surface area contributed by atoms with E-state index in [4.69, 9.17) is 11.6 Å². The Kier molecular flexibility index (Phi) is 6.43. The summed E-state index contributed by atoms with van der Waals surface area (Å²) in [6, 6.07) is 13.7. The minimum atomic E-state index is -3.34. The molecule has 0 saturated carbocycles. The molecular formula is C22H22ClN3O3S. The van der Waals surface area contributed by atoms with Gasteiger partial charge in [0.15, 0.2) is 9.84 Å². The quantitative estimate of drug-likeness (QED) is 0.577. The van der Waals surface area contributed by atoms with Gasteiger partial charge in [0.1, 0.15) is 0 Å². The minimum absolute atomic E-state index is 0.150. The van der Waals surface area contributed by atoms with Crippen molar-refractivity contribution in [3.8, 4) is 0 Å². The first-order valence-electron chi connectivity index (χ1n) is 9.22. The molecule has 0 saturated heterocycles. The summed E-state index contributed by atoms with van der Waals surface area (Å²) in [4.78, 5) is 12.5. The smallest absolute Gasteiger partial charge is 0.248 e. The van der Waals surface area contributed by atoms with Gasteiger partial charge >= 0.3 is 0 Å². The Hall–Kier alpha value is -2.90. The molecule has 6 nitrogen and oxygen atoms in total. The SMILES string of the molecule is Cc1nn(Cc2ccccc2Cl)c(C)c1/C=C/C(=O)Nc1cccc(S(C)(=O)=O)c1. The fourth-order valence-electron chi connectivity index (χ4n) is 3.04. The number of hydrogen-bond donors (Lipinski definition) is 1. The van der Waals surface area contributed by atoms with Crippen molar-refractivity contribution in [3.63, 3.8) is 0 Å². The molecule has 0 atom stereocenters. The predicted octanol–water partition coefficient (Wildman–Crippen LogP) is 4.26. The van der Waals surface area contributed by atoms with Gasteiger partial charge in [-0.25, -0.2) is 8.42 Å². The number of nitrogens with one attached hydrogen (secondary N) is 1. The molecule has 0 bridgehead atoms. The second-order valence-electron chi connectivity index (χ2n) is 6.96. The van der Waals surface area contributed by atoms with E-state index in [2.05, 4.69) is 10.4 Å².